The molecule has 6 atom stereocenters. The highest BCUT2D eigenvalue weighted by atomic mass is 16.6. The maximum Gasteiger partial charge on any atom is 0.407 e. The Balaban J connectivity index is 0.000000440. The van der Waals surface area contributed by atoms with Gasteiger partial charge in [0, 0.05) is 21.9 Å². The van der Waals surface area contributed by atoms with Crippen LogP contribution in [0.4, 0.5) is 9.59 Å². The number of amides is 2. The van der Waals surface area contributed by atoms with Crippen LogP contribution in [0.1, 0.15) is 93.9 Å². The molecule has 0 aromatic carbocycles. The fraction of sp³-hybridized carbons (Fsp3) is 0.857. The van der Waals surface area contributed by atoms with Crippen molar-refractivity contribution in [1.29, 1.82) is 0 Å². The molecule has 16 nitrogen and oxygen atoms in total. The van der Waals surface area contributed by atoms with E-state index in [0.717, 1.165) is 0 Å². The number of hydrogen-bond donors (Lipinski definition) is 2. The van der Waals surface area contributed by atoms with Gasteiger partial charge in [-0.2, -0.15) is 0 Å². The lowest BCUT2D eigenvalue weighted by Crippen LogP contribution is -2.49. The number of hydrogen-bond acceptors (Lipinski definition) is 10. The molecular weight excluding hydrogens is 576 g/mol. The Hall–Kier alpha value is -3.90. The van der Waals surface area contributed by atoms with Gasteiger partial charge < -0.3 is 29.6 Å². The molecule has 2 saturated carbocycles. The molecule has 0 radical (unpaired) electrons. The highest BCUT2D eigenvalue weighted by Gasteiger charge is 2.37. The van der Waals surface area contributed by atoms with Crippen molar-refractivity contribution < 1.29 is 38.1 Å². The summed E-state index contributed by atoms with van der Waals surface area (Å²) in [5, 5.41) is 12.8. The standard InChI is InChI=1S/2C14H24N4O4/c2*1-5-21-12(19)9-6-7-10(17-18-15)11(8-9)16-13(20)22-14(2,3)4/h2*9-11H,5-8H2,1-4H3,(H,16,20)/t9-,10+,11+;9-,10-,11+/m00/s1. The zero-order valence-electron chi connectivity index (χ0n) is 27.1. The number of azide groups is 2. The van der Waals surface area contributed by atoms with E-state index in [9.17, 15) is 19.2 Å². The highest BCUT2D eigenvalue weighted by Crippen LogP contribution is 2.29. The average Bonchev–Trinajstić information content (AvgIpc) is 2.89. The van der Waals surface area contributed by atoms with Crippen molar-refractivity contribution in [2.75, 3.05) is 13.2 Å². The molecule has 0 aromatic heterocycles. The van der Waals surface area contributed by atoms with Gasteiger partial charge in [0.15, 0.2) is 0 Å². The molecule has 0 saturated heterocycles. The van der Waals surface area contributed by atoms with E-state index in [-0.39, 0.29) is 35.9 Å². The van der Waals surface area contributed by atoms with Crippen molar-refractivity contribution in [3.63, 3.8) is 0 Å². The Morgan fingerprint density at radius 2 is 1.02 bits per heavy atom. The van der Waals surface area contributed by atoms with Crippen LogP contribution in [-0.2, 0) is 28.5 Å². The van der Waals surface area contributed by atoms with Gasteiger partial charge in [0.25, 0.3) is 0 Å². The molecular formula is C28H48N8O8. The van der Waals surface area contributed by atoms with E-state index in [2.05, 4.69) is 30.7 Å². The summed E-state index contributed by atoms with van der Waals surface area (Å²) >= 11 is 0. The van der Waals surface area contributed by atoms with Gasteiger partial charge in [-0.15, -0.1) is 0 Å². The zero-order valence-corrected chi connectivity index (χ0v) is 27.1. The van der Waals surface area contributed by atoms with Crippen molar-refractivity contribution in [2.45, 2.75) is 129 Å². The molecule has 0 unspecified atom stereocenters. The minimum atomic E-state index is -0.618. The third kappa shape index (κ3) is 14.5. The van der Waals surface area contributed by atoms with E-state index in [0.29, 0.717) is 51.7 Å². The van der Waals surface area contributed by atoms with E-state index in [4.69, 9.17) is 30.0 Å². The Morgan fingerprint density at radius 1 is 0.682 bits per heavy atom. The molecule has 2 amide bonds. The quantitative estimate of drug-likeness (QED) is 0.109. The summed E-state index contributed by atoms with van der Waals surface area (Å²) in [7, 11) is 0. The molecule has 2 N–H and O–H groups in total. The minimum absolute atomic E-state index is 0.280. The first kappa shape index (κ1) is 38.1. The van der Waals surface area contributed by atoms with Crippen LogP contribution in [0.15, 0.2) is 10.2 Å². The first-order valence-electron chi connectivity index (χ1n) is 14.9. The molecule has 44 heavy (non-hydrogen) atoms. The Morgan fingerprint density at radius 3 is 1.30 bits per heavy atom. The number of alkyl carbamates (subject to hydrolysis) is 2. The van der Waals surface area contributed by atoms with Crippen LogP contribution in [0, 0.1) is 11.8 Å². The van der Waals surface area contributed by atoms with E-state index in [1.165, 1.54) is 0 Å². The van der Waals surface area contributed by atoms with Gasteiger partial charge in [-0.05, 0) is 105 Å². The third-order valence-corrected chi connectivity index (χ3v) is 6.67. The van der Waals surface area contributed by atoms with Gasteiger partial charge >= 0.3 is 24.1 Å². The largest absolute Gasteiger partial charge is 0.466 e. The topological polar surface area (TPSA) is 227 Å². The number of rotatable bonds is 8. The number of carbonyl (C=O) groups excluding carboxylic acids is 4. The molecule has 2 rings (SSSR count). The number of carbonyl (C=O) groups is 4. The van der Waals surface area contributed by atoms with Crippen LogP contribution in [-0.4, -0.2) is 72.7 Å². The highest BCUT2D eigenvalue weighted by molar-refractivity contribution is 5.74. The average molecular weight is 625 g/mol. The third-order valence-electron chi connectivity index (χ3n) is 6.67. The smallest absolute Gasteiger partial charge is 0.407 e. The van der Waals surface area contributed by atoms with Crippen molar-refractivity contribution in [3.8, 4) is 0 Å². The Kier molecular flexibility index (Phi) is 15.6. The minimum Gasteiger partial charge on any atom is -0.466 e. The predicted octanol–water partition coefficient (Wildman–Crippen LogP) is 5.84. The summed E-state index contributed by atoms with van der Waals surface area (Å²) in [6.45, 7) is 14.7. The first-order valence-corrected chi connectivity index (χ1v) is 14.9. The lowest BCUT2D eigenvalue weighted by atomic mass is 9.82. The van der Waals surface area contributed by atoms with Crippen LogP contribution in [0.5, 0.6) is 0 Å². The van der Waals surface area contributed by atoms with Gasteiger partial charge in [-0.25, -0.2) is 9.59 Å². The maximum absolute atomic E-state index is 11.9. The van der Waals surface area contributed by atoms with Gasteiger partial charge in [0.1, 0.15) is 11.2 Å². The van der Waals surface area contributed by atoms with Crippen LogP contribution in [0.2, 0.25) is 0 Å². The SMILES string of the molecule is CCOC(=O)[C@H]1CC[C@@H](N=[N+]=[N-])[C@H](NC(=O)OC(C)(C)C)C1.CCOC(=O)[C@H]1CC[C@H](N=[N+]=[N-])[C@H](NC(=O)OC(C)(C)C)C1. The molecule has 2 aliphatic rings. The van der Waals surface area contributed by atoms with Crippen molar-refractivity contribution in [1.82, 2.24) is 10.6 Å². The molecule has 2 fully saturated rings. The summed E-state index contributed by atoms with van der Waals surface area (Å²) < 4.78 is 20.5. The van der Waals surface area contributed by atoms with E-state index in [1.54, 1.807) is 55.4 Å². The second kappa shape index (κ2) is 18.0. The van der Waals surface area contributed by atoms with E-state index < -0.39 is 35.5 Å². The van der Waals surface area contributed by atoms with Gasteiger partial charge in [-0.3, -0.25) is 9.59 Å². The second-order valence-electron chi connectivity index (χ2n) is 12.6. The summed E-state index contributed by atoms with van der Waals surface area (Å²) in [4.78, 5) is 53.1. The van der Waals surface area contributed by atoms with Gasteiger partial charge in [0.05, 0.1) is 37.1 Å². The van der Waals surface area contributed by atoms with Crippen LogP contribution in [0.25, 0.3) is 20.9 Å². The lowest BCUT2D eigenvalue weighted by molar-refractivity contribution is -0.150. The van der Waals surface area contributed by atoms with Crippen LogP contribution < -0.4 is 10.6 Å². The summed E-state index contributed by atoms with van der Waals surface area (Å²) in [6.07, 6.45) is 1.79. The number of esters is 2. The maximum atomic E-state index is 11.9. The fourth-order valence-electron chi connectivity index (χ4n) is 4.89. The predicted molar refractivity (Wildman–Crippen MR) is 160 cm³/mol. The van der Waals surface area contributed by atoms with E-state index >= 15 is 0 Å². The van der Waals surface area contributed by atoms with E-state index in [1.807, 2.05) is 0 Å². The molecule has 16 heteroatoms. The first-order chi connectivity index (χ1) is 20.5. The van der Waals surface area contributed by atoms with Gasteiger partial charge in [0.2, 0.25) is 0 Å². The Labute approximate surface area is 258 Å². The lowest BCUT2D eigenvalue weighted by Gasteiger charge is -2.33. The number of ether oxygens (including phenoxy) is 4. The molecule has 0 aliphatic heterocycles. The zero-order chi connectivity index (χ0) is 33.5. The summed E-state index contributed by atoms with van der Waals surface area (Å²) in [5.41, 5.74) is 16.0. The van der Waals surface area contributed by atoms with Crippen molar-refractivity contribution >= 4 is 24.1 Å². The fourth-order valence-corrected chi connectivity index (χ4v) is 4.89. The second-order valence-corrected chi connectivity index (χ2v) is 12.6. The summed E-state index contributed by atoms with van der Waals surface area (Å²) in [6, 6.07) is -1.64. The Bertz CT molecular complexity index is 992. The van der Waals surface area contributed by atoms with Crippen molar-refractivity contribution in [3.05, 3.63) is 20.9 Å². The normalized spacial score (nSPS) is 24.8. The van der Waals surface area contributed by atoms with Crippen LogP contribution in [0.3, 0.4) is 0 Å². The monoisotopic (exact) mass is 624 g/mol. The molecule has 0 spiro atoms. The van der Waals surface area contributed by atoms with Gasteiger partial charge in [-0.1, -0.05) is 10.2 Å². The molecule has 0 aromatic rings. The van der Waals surface area contributed by atoms with Crippen LogP contribution >= 0.6 is 0 Å². The number of nitrogens with one attached hydrogen (secondary N) is 2. The molecule has 0 heterocycles. The summed E-state index contributed by atoms with van der Waals surface area (Å²) in [5.74, 6) is -1.16. The van der Waals surface area contributed by atoms with Crippen molar-refractivity contribution in [2.24, 2.45) is 22.1 Å². The molecule has 248 valence electrons. The number of nitrogens with zero attached hydrogens (tertiary/aromatic N) is 6. The molecule has 2 aliphatic carbocycles. The molecule has 0 bridgehead atoms.